The standard InChI is InChI=1S/C16H17ClN4O2/c17-13-6-2-1-5-12(13)14(21-16(18)23)8-15(22)20-10-11-4-3-7-19-9-11/h1-7,9,14H,8,10H2,(H,20,22)(H3,18,21,23)/t14-/m0/s1. The molecule has 2 rings (SSSR count). The van der Waals surface area contributed by atoms with E-state index in [1.54, 1.807) is 42.7 Å². The number of halogens is 1. The maximum atomic E-state index is 12.1. The fraction of sp³-hybridized carbons (Fsp3) is 0.188. The van der Waals surface area contributed by atoms with Gasteiger partial charge in [-0.25, -0.2) is 4.79 Å². The van der Waals surface area contributed by atoms with Crippen molar-refractivity contribution in [2.45, 2.75) is 19.0 Å². The van der Waals surface area contributed by atoms with Crippen LogP contribution in [0.3, 0.4) is 0 Å². The Labute approximate surface area is 139 Å². The lowest BCUT2D eigenvalue weighted by Gasteiger charge is -2.19. The number of rotatable bonds is 6. The van der Waals surface area contributed by atoms with E-state index in [1.165, 1.54) is 0 Å². The average Bonchev–Trinajstić information content (AvgIpc) is 2.53. The summed E-state index contributed by atoms with van der Waals surface area (Å²) in [7, 11) is 0. The lowest BCUT2D eigenvalue weighted by Crippen LogP contribution is -2.36. The van der Waals surface area contributed by atoms with E-state index in [-0.39, 0.29) is 12.3 Å². The molecule has 0 saturated carbocycles. The largest absolute Gasteiger partial charge is 0.352 e. The molecule has 1 aromatic carbocycles. The lowest BCUT2D eigenvalue weighted by atomic mass is 10.0. The normalized spacial score (nSPS) is 11.5. The predicted molar refractivity (Wildman–Crippen MR) is 87.6 cm³/mol. The summed E-state index contributed by atoms with van der Waals surface area (Å²) in [6.45, 7) is 0.360. The molecule has 0 aliphatic heterocycles. The van der Waals surface area contributed by atoms with Gasteiger partial charge in [-0.3, -0.25) is 9.78 Å². The summed E-state index contributed by atoms with van der Waals surface area (Å²) in [4.78, 5) is 27.3. The Bertz CT molecular complexity index is 679. The number of pyridine rings is 1. The van der Waals surface area contributed by atoms with Gasteiger partial charge in [-0.15, -0.1) is 0 Å². The van der Waals surface area contributed by atoms with Gasteiger partial charge < -0.3 is 16.4 Å². The molecule has 2 aromatic rings. The van der Waals surface area contributed by atoms with Gasteiger partial charge in [0.15, 0.2) is 0 Å². The molecule has 6 nitrogen and oxygen atoms in total. The fourth-order valence-electron chi connectivity index (χ4n) is 2.13. The summed E-state index contributed by atoms with van der Waals surface area (Å²) in [6.07, 6.45) is 3.37. The average molecular weight is 333 g/mol. The molecule has 0 bridgehead atoms. The summed E-state index contributed by atoms with van der Waals surface area (Å²) >= 11 is 6.13. The Morgan fingerprint density at radius 2 is 2.00 bits per heavy atom. The number of nitrogens with one attached hydrogen (secondary N) is 2. The minimum Gasteiger partial charge on any atom is -0.352 e. The number of hydrogen-bond donors (Lipinski definition) is 3. The molecule has 120 valence electrons. The van der Waals surface area contributed by atoms with E-state index < -0.39 is 12.1 Å². The van der Waals surface area contributed by atoms with Crippen LogP contribution in [0.25, 0.3) is 0 Å². The van der Waals surface area contributed by atoms with Crippen LogP contribution in [0.15, 0.2) is 48.8 Å². The number of urea groups is 1. The van der Waals surface area contributed by atoms with E-state index >= 15 is 0 Å². The van der Waals surface area contributed by atoms with Crippen LogP contribution in [-0.2, 0) is 11.3 Å². The highest BCUT2D eigenvalue weighted by atomic mass is 35.5. The Morgan fingerprint density at radius 3 is 2.65 bits per heavy atom. The number of carbonyl (C=O) groups excluding carboxylic acids is 2. The Hall–Kier alpha value is -2.60. The van der Waals surface area contributed by atoms with Crippen molar-refractivity contribution in [3.63, 3.8) is 0 Å². The number of primary amides is 1. The molecule has 1 heterocycles. The molecule has 0 saturated heterocycles. The zero-order valence-electron chi connectivity index (χ0n) is 12.3. The van der Waals surface area contributed by atoms with Crippen LogP contribution >= 0.6 is 11.6 Å². The molecule has 0 aliphatic rings. The highest BCUT2D eigenvalue weighted by Gasteiger charge is 2.19. The third-order valence-electron chi connectivity index (χ3n) is 3.20. The molecule has 1 atom stereocenters. The van der Waals surface area contributed by atoms with E-state index in [1.807, 2.05) is 6.07 Å². The third kappa shape index (κ3) is 5.27. The summed E-state index contributed by atoms with van der Waals surface area (Å²) in [5, 5.41) is 5.79. The minimum atomic E-state index is -0.713. The van der Waals surface area contributed by atoms with Crippen molar-refractivity contribution in [1.29, 1.82) is 0 Å². The number of nitrogens with two attached hydrogens (primary N) is 1. The predicted octanol–water partition coefficient (Wildman–Crippen LogP) is 2.15. The van der Waals surface area contributed by atoms with E-state index in [9.17, 15) is 9.59 Å². The first kappa shape index (κ1) is 16.8. The number of amides is 3. The maximum Gasteiger partial charge on any atom is 0.312 e. The molecule has 3 amide bonds. The van der Waals surface area contributed by atoms with Gasteiger partial charge in [0, 0.05) is 24.0 Å². The Balaban J connectivity index is 2.01. The van der Waals surface area contributed by atoms with Crippen molar-refractivity contribution >= 4 is 23.5 Å². The number of nitrogens with zero attached hydrogens (tertiary/aromatic N) is 1. The smallest absolute Gasteiger partial charge is 0.312 e. The molecule has 7 heteroatoms. The van der Waals surface area contributed by atoms with Gasteiger partial charge in [-0.1, -0.05) is 35.9 Å². The zero-order valence-corrected chi connectivity index (χ0v) is 13.1. The monoisotopic (exact) mass is 332 g/mol. The Morgan fingerprint density at radius 1 is 1.22 bits per heavy atom. The SMILES string of the molecule is NC(=O)N[C@@H](CC(=O)NCc1cccnc1)c1ccccc1Cl. The van der Waals surface area contributed by atoms with Crippen molar-refractivity contribution in [3.8, 4) is 0 Å². The number of carbonyl (C=O) groups is 2. The second kappa shape index (κ2) is 8.14. The van der Waals surface area contributed by atoms with Crippen LogP contribution in [0.2, 0.25) is 5.02 Å². The van der Waals surface area contributed by atoms with Gasteiger partial charge in [-0.05, 0) is 23.3 Å². The van der Waals surface area contributed by atoms with Gasteiger partial charge in [0.25, 0.3) is 0 Å². The van der Waals surface area contributed by atoms with E-state index in [4.69, 9.17) is 17.3 Å². The topological polar surface area (TPSA) is 97.1 Å². The van der Waals surface area contributed by atoms with Gasteiger partial charge in [0.05, 0.1) is 12.5 Å². The fourth-order valence-corrected chi connectivity index (χ4v) is 2.40. The first-order valence-electron chi connectivity index (χ1n) is 7.02. The summed E-state index contributed by atoms with van der Waals surface area (Å²) < 4.78 is 0. The molecule has 1 aromatic heterocycles. The highest BCUT2D eigenvalue weighted by molar-refractivity contribution is 6.31. The van der Waals surface area contributed by atoms with Crippen LogP contribution in [0, 0.1) is 0 Å². The number of aromatic nitrogens is 1. The molecular formula is C16H17ClN4O2. The van der Waals surface area contributed by atoms with Gasteiger partial charge >= 0.3 is 6.03 Å². The summed E-state index contributed by atoms with van der Waals surface area (Å²) in [5.41, 5.74) is 6.72. The van der Waals surface area contributed by atoms with Crippen molar-refractivity contribution in [2.24, 2.45) is 5.73 Å². The van der Waals surface area contributed by atoms with Crippen molar-refractivity contribution in [3.05, 3.63) is 64.9 Å². The van der Waals surface area contributed by atoms with Crippen molar-refractivity contribution < 1.29 is 9.59 Å². The first-order valence-corrected chi connectivity index (χ1v) is 7.40. The molecule has 4 N–H and O–H groups in total. The van der Waals surface area contributed by atoms with Gasteiger partial charge in [0.2, 0.25) is 5.91 Å². The molecular weight excluding hydrogens is 316 g/mol. The van der Waals surface area contributed by atoms with E-state index in [0.29, 0.717) is 17.1 Å². The van der Waals surface area contributed by atoms with Crippen molar-refractivity contribution in [1.82, 2.24) is 15.6 Å². The van der Waals surface area contributed by atoms with Crippen LogP contribution in [0.5, 0.6) is 0 Å². The van der Waals surface area contributed by atoms with Crippen LogP contribution in [-0.4, -0.2) is 16.9 Å². The van der Waals surface area contributed by atoms with E-state index in [0.717, 1.165) is 5.56 Å². The molecule has 23 heavy (non-hydrogen) atoms. The zero-order chi connectivity index (χ0) is 16.7. The molecule has 0 radical (unpaired) electrons. The van der Waals surface area contributed by atoms with Crippen LogP contribution < -0.4 is 16.4 Å². The van der Waals surface area contributed by atoms with Gasteiger partial charge in [0.1, 0.15) is 0 Å². The molecule has 0 aliphatic carbocycles. The molecule has 0 fully saturated rings. The quantitative estimate of drug-likeness (QED) is 0.756. The molecule has 0 unspecified atom stereocenters. The second-order valence-corrected chi connectivity index (χ2v) is 5.33. The van der Waals surface area contributed by atoms with Crippen LogP contribution in [0.4, 0.5) is 4.79 Å². The number of hydrogen-bond acceptors (Lipinski definition) is 3. The summed E-state index contributed by atoms with van der Waals surface area (Å²) in [5.74, 6) is -0.229. The number of benzene rings is 1. The Kier molecular flexibility index (Phi) is 5.94. The van der Waals surface area contributed by atoms with Gasteiger partial charge in [-0.2, -0.15) is 0 Å². The third-order valence-corrected chi connectivity index (χ3v) is 3.54. The minimum absolute atomic E-state index is 0.0347. The maximum absolute atomic E-state index is 12.1. The molecule has 0 spiro atoms. The first-order chi connectivity index (χ1) is 11.1. The van der Waals surface area contributed by atoms with Crippen LogP contribution in [0.1, 0.15) is 23.6 Å². The van der Waals surface area contributed by atoms with E-state index in [2.05, 4.69) is 15.6 Å². The summed E-state index contributed by atoms with van der Waals surface area (Å²) in [6, 6.07) is 9.35. The second-order valence-electron chi connectivity index (χ2n) is 4.92. The highest BCUT2D eigenvalue weighted by Crippen LogP contribution is 2.24. The lowest BCUT2D eigenvalue weighted by molar-refractivity contribution is -0.121. The van der Waals surface area contributed by atoms with Crippen molar-refractivity contribution in [2.75, 3.05) is 0 Å².